The van der Waals surface area contributed by atoms with Gasteiger partial charge >= 0.3 is 0 Å². The van der Waals surface area contributed by atoms with Crippen molar-refractivity contribution in [1.29, 1.82) is 0 Å². The van der Waals surface area contributed by atoms with Crippen molar-refractivity contribution in [2.45, 2.75) is 17.9 Å². The van der Waals surface area contributed by atoms with Gasteiger partial charge in [-0.1, -0.05) is 48.5 Å². The average Bonchev–Trinajstić information content (AvgIpc) is 2.72. The van der Waals surface area contributed by atoms with E-state index in [-0.39, 0.29) is 10.5 Å². The molecule has 0 radical (unpaired) electrons. The van der Waals surface area contributed by atoms with Crippen molar-refractivity contribution < 1.29 is 17.9 Å². The van der Waals surface area contributed by atoms with Gasteiger partial charge in [-0.3, -0.25) is 4.79 Å². The van der Waals surface area contributed by atoms with Crippen LogP contribution in [0, 0.1) is 6.92 Å². The molecular weight excluding hydrogens is 388 g/mol. The van der Waals surface area contributed by atoms with E-state index in [1.807, 2.05) is 54.6 Å². The van der Waals surface area contributed by atoms with Gasteiger partial charge in [-0.05, 0) is 47.9 Å². The summed E-state index contributed by atoms with van der Waals surface area (Å²) in [5, 5.41) is 8.22. The molecule has 6 nitrogen and oxygen atoms in total. The Labute approximate surface area is 170 Å². The zero-order valence-corrected chi connectivity index (χ0v) is 16.9. The predicted molar refractivity (Wildman–Crippen MR) is 111 cm³/mol. The molecule has 0 aliphatic rings. The lowest BCUT2D eigenvalue weighted by molar-refractivity contribution is 0.0942. The van der Waals surface area contributed by atoms with Gasteiger partial charge in [0.15, 0.2) is 0 Å². The summed E-state index contributed by atoms with van der Waals surface area (Å²) >= 11 is 0. The molecule has 0 fully saturated rings. The van der Waals surface area contributed by atoms with Gasteiger partial charge in [0.1, 0.15) is 5.75 Å². The first-order valence-electron chi connectivity index (χ1n) is 8.93. The third kappa shape index (κ3) is 4.82. The summed E-state index contributed by atoms with van der Waals surface area (Å²) in [4.78, 5) is 13.0. The zero-order valence-electron chi connectivity index (χ0n) is 16.1. The monoisotopic (exact) mass is 410 g/mol. The minimum absolute atomic E-state index is 0.103. The van der Waals surface area contributed by atoms with Crippen LogP contribution in [-0.4, -0.2) is 21.4 Å². The standard InChI is InChI=1S/C22H22N2O4S/c1-15-8-13-19(29(23,26)27)14-20(15)22(25)24-21(16-6-4-3-5-7-16)17-9-11-18(28-2)12-10-17/h3-14,21H,1-2H3,(H,24,25)(H2,23,26,27). The van der Waals surface area contributed by atoms with E-state index in [0.717, 1.165) is 11.1 Å². The van der Waals surface area contributed by atoms with E-state index < -0.39 is 22.0 Å². The summed E-state index contributed by atoms with van der Waals surface area (Å²) in [7, 11) is -2.32. The Kier molecular flexibility index (Phi) is 6.00. The lowest BCUT2D eigenvalue weighted by Gasteiger charge is -2.21. The second kappa shape index (κ2) is 8.46. The van der Waals surface area contributed by atoms with Crippen molar-refractivity contribution >= 4 is 15.9 Å². The van der Waals surface area contributed by atoms with Gasteiger partial charge in [-0.2, -0.15) is 0 Å². The fourth-order valence-electron chi connectivity index (χ4n) is 3.03. The predicted octanol–water partition coefficient (Wildman–Crippen LogP) is 3.17. The van der Waals surface area contributed by atoms with Crippen molar-refractivity contribution in [1.82, 2.24) is 5.32 Å². The Balaban J connectivity index is 1.99. The zero-order chi connectivity index (χ0) is 21.0. The highest BCUT2D eigenvalue weighted by Gasteiger charge is 2.20. The molecule has 3 N–H and O–H groups in total. The molecule has 0 saturated carbocycles. The maximum absolute atomic E-state index is 13.1. The van der Waals surface area contributed by atoms with Crippen molar-refractivity contribution in [2.24, 2.45) is 5.14 Å². The number of nitrogens with one attached hydrogen (secondary N) is 1. The van der Waals surface area contributed by atoms with Crippen LogP contribution in [0.3, 0.4) is 0 Å². The van der Waals surface area contributed by atoms with Crippen LogP contribution >= 0.6 is 0 Å². The van der Waals surface area contributed by atoms with Crippen LogP contribution in [0.1, 0.15) is 33.1 Å². The smallest absolute Gasteiger partial charge is 0.252 e. The van der Waals surface area contributed by atoms with Gasteiger partial charge in [0.25, 0.3) is 5.91 Å². The highest BCUT2D eigenvalue weighted by Crippen LogP contribution is 2.25. The molecule has 7 heteroatoms. The first kappa shape index (κ1) is 20.6. The molecule has 0 bridgehead atoms. The molecule has 3 rings (SSSR count). The highest BCUT2D eigenvalue weighted by molar-refractivity contribution is 7.89. The molecule has 1 unspecified atom stereocenters. The molecule has 150 valence electrons. The Morgan fingerprint density at radius 2 is 1.59 bits per heavy atom. The van der Waals surface area contributed by atoms with Crippen molar-refractivity contribution in [2.75, 3.05) is 7.11 Å². The number of carbonyl (C=O) groups is 1. The average molecular weight is 410 g/mol. The number of hydrogen-bond acceptors (Lipinski definition) is 4. The summed E-state index contributed by atoms with van der Waals surface area (Å²) in [6.07, 6.45) is 0. The second-order valence-corrected chi connectivity index (χ2v) is 8.17. The third-order valence-corrected chi connectivity index (χ3v) is 5.55. The number of methoxy groups -OCH3 is 1. The van der Waals surface area contributed by atoms with E-state index in [1.54, 1.807) is 20.1 Å². The maximum Gasteiger partial charge on any atom is 0.252 e. The molecular formula is C22H22N2O4S. The number of hydrogen-bond donors (Lipinski definition) is 2. The van der Waals surface area contributed by atoms with E-state index in [2.05, 4.69) is 5.32 Å². The Morgan fingerprint density at radius 1 is 0.966 bits per heavy atom. The molecule has 1 amide bonds. The Morgan fingerprint density at radius 3 is 2.17 bits per heavy atom. The first-order valence-corrected chi connectivity index (χ1v) is 10.5. The van der Waals surface area contributed by atoms with Gasteiger partial charge in [-0.25, -0.2) is 13.6 Å². The van der Waals surface area contributed by atoms with Crippen LogP contribution in [0.25, 0.3) is 0 Å². The molecule has 0 spiro atoms. The van der Waals surface area contributed by atoms with Crippen molar-refractivity contribution in [3.05, 3.63) is 95.1 Å². The Hall–Kier alpha value is -3.16. The molecule has 0 aliphatic heterocycles. The van der Waals surface area contributed by atoms with Gasteiger partial charge in [0.2, 0.25) is 10.0 Å². The van der Waals surface area contributed by atoms with Gasteiger partial charge in [-0.15, -0.1) is 0 Å². The quantitative estimate of drug-likeness (QED) is 0.652. The van der Waals surface area contributed by atoms with E-state index in [0.29, 0.717) is 11.3 Å². The number of aryl methyl sites for hydroxylation is 1. The lowest BCUT2D eigenvalue weighted by Crippen LogP contribution is -2.30. The van der Waals surface area contributed by atoms with Crippen LogP contribution < -0.4 is 15.2 Å². The minimum atomic E-state index is -3.91. The van der Waals surface area contributed by atoms with Gasteiger partial charge in [0, 0.05) is 5.56 Å². The van der Waals surface area contributed by atoms with E-state index in [1.165, 1.54) is 12.1 Å². The summed E-state index contributed by atoms with van der Waals surface area (Å²) in [6.45, 7) is 1.74. The van der Waals surface area contributed by atoms with Crippen LogP contribution in [0.5, 0.6) is 5.75 Å². The van der Waals surface area contributed by atoms with Crippen LogP contribution in [0.4, 0.5) is 0 Å². The molecule has 0 saturated heterocycles. The number of primary sulfonamides is 1. The third-order valence-electron chi connectivity index (χ3n) is 4.64. The van der Waals surface area contributed by atoms with Gasteiger partial charge < -0.3 is 10.1 Å². The van der Waals surface area contributed by atoms with Crippen molar-refractivity contribution in [3.63, 3.8) is 0 Å². The largest absolute Gasteiger partial charge is 0.497 e. The molecule has 0 heterocycles. The number of amides is 1. The molecule has 3 aromatic rings. The van der Waals surface area contributed by atoms with Crippen LogP contribution in [0.15, 0.2) is 77.7 Å². The van der Waals surface area contributed by atoms with Crippen LogP contribution in [-0.2, 0) is 10.0 Å². The summed E-state index contributed by atoms with van der Waals surface area (Å²) < 4.78 is 28.6. The molecule has 1 atom stereocenters. The summed E-state index contributed by atoms with van der Waals surface area (Å²) in [5.41, 5.74) is 2.67. The number of rotatable bonds is 6. The normalized spacial score (nSPS) is 12.2. The van der Waals surface area contributed by atoms with Crippen LogP contribution in [0.2, 0.25) is 0 Å². The van der Waals surface area contributed by atoms with Gasteiger partial charge in [0.05, 0.1) is 18.0 Å². The van der Waals surface area contributed by atoms with E-state index in [4.69, 9.17) is 9.88 Å². The highest BCUT2D eigenvalue weighted by atomic mass is 32.2. The summed E-state index contributed by atoms with van der Waals surface area (Å²) in [6, 6.07) is 20.8. The fraction of sp³-hybridized carbons (Fsp3) is 0.136. The maximum atomic E-state index is 13.1. The first-order chi connectivity index (χ1) is 13.8. The van der Waals surface area contributed by atoms with Crippen molar-refractivity contribution in [3.8, 4) is 5.75 Å². The molecule has 3 aromatic carbocycles. The number of ether oxygens (including phenoxy) is 1. The number of benzene rings is 3. The fourth-order valence-corrected chi connectivity index (χ4v) is 3.57. The van der Waals surface area contributed by atoms with E-state index >= 15 is 0 Å². The Bertz CT molecular complexity index is 1110. The number of carbonyl (C=O) groups excluding carboxylic acids is 1. The lowest BCUT2D eigenvalue weighted by atomic mass is 9.97. The number of sulfonamides is 1. The summed E-state index contributed by atoms with van der Waals surface area (Å²) in [5.74, 6) is 0.321. The number of nitrogens with two attached hydrogens (primary N) is 1. The molecule has 29 heavy (non-hydrogen) atoms. The SMILES string of the molecule is COc1ccc(C(NC(=O)c2cc(S(N)(=O)=O)ccc2C)c2ccccc2)cc1. The topological polar surface area (TPSA) is 98.5 Å². The molecule has 0 aliphatic carbocycles. The minimum Gasteiger partial charge on any atom is -0.497 e. The second-order valence-electron chi connectivity index (χ2n) is 6.61. The molecule has 0 aromatic heterocycles. The van der Waals surface area contributed by atoms with E-state index in [9.17, 15) is 13.2 Å².